The van der Waals surface area contributed by atoms with Crippen LogP contribution in [0.2, 0.25) is 0 Å². The maximum atomic E-state index is 13.4. The zero-order chi connectivity index (χ0) is 25.2. The maximum Gasteiger partial charge on any atom is 0.354 e. The molecule has 0 saturated heterocycles. The Morgan fingerprint density at radius 3 is 2.63 bits per heavy atom. The molecule has 2 aromatic rings. The highest BCUT2D eigenvalue weighted by molar-refractivity contribution is 7.84. The fourth-order valence-corrected chi connectivity index (χ4v) is 6.46. The molecule has 2 aliphatic rings. The number of aliphatic hydroxyl groups is 1. The molecule has 6 nitrogen and oxygen atoms in total. The number of hydrogen-bond donors (Lipinski definition) is 2. The van der Waals surface area contributed by atoms with Crippen molar-refractivity contribution in [3.63, 3.8) is 0 Å². The van der Waals surface area contributed by atoms with Gasteiger partial charge >= 0.3 is 5.97 Å². The smallest absolute Gasteiger partial charge is 0.354 e. The Balaban J connectivity index is 1.76. The van der Waals surface area contributed by atoms with Gasteiger partial charge in [0, 0.05) is 36.3 Å². The highest BCUT2D eigenvalue weighted by Crippen LogP contribution is 2.44. The van der Waals surface area contributed by atoms with Crippen molar-refractivity contribution in [2.75, 3.05) is 6.61 Å². The largest absolute Gasteiger partial charge is 0.477 e. The molecule has 1 aliphatic carbocycles. The zero-order valence-corrected chi connectivity index (χ0v) is 21.5. The van der Waals surface area contributed by atoms with Crippen LogP contribution >= 0.6 is 0 Å². The third-order valence-corrected chi connectivity index (χ3v) is 8.60. The molecule has 186 valence electrons. The average molecular weight is 495 g/mol. The minimum Gasteiger partial charge on any atom is -0.477 e. The van der Waals surface area contributed by atoms with Crippen LogP contribution in [0.5, 0.6) is 0 Å². The number of carboxylic acid groups (broad SMARTS) is 1. The molecule has 1 fully saturated rings. The summed E-state index contributed by atoms with van der Waals surface area (Å²) in [7, 11) is -1.34. The number of hydrogen-bond acceptors (Lipinski definition) is 4. The van der Waals surface area contributed by atoms with E-state index in [9.17, 15) is 19.2 Å². The second kappa shape index (κ2) is 10.6. The first-order valence-electron chi connectivity index (χ1n) is 12.3. The van der Waals surface area contributed by atoms with E-state index in [1.165, 1.54) is 25.7 Å². The number of carbonyl (C=O) groups is 1. The van der Waals surface area contributed by atoms with Gasteiger partial charge in [-0.3, -0.25) is 0 Å². The summed E-state index contributed by atoms with van der Waals surface area (Å²) in [6.45, 7) is 6.02. The Morgan fingerprint density at radius 1 is 1.23 bits per heavy atom. The monoisotopic (exact) mass is 494 g/mol. The van der Waals surface area contributed by atoms with Crippen LogP contribution in [0.15, 0.2) is 30.3 Å². The fourth-order valence-electron chi connectivity index (χ4n) is 5.05. The van der Waals surface area contributed by atoms with E-state index in [0.717, 1.165) is 28.7 Å². The lowest BCUT2D eigenvalue weighted by molar-refractivity contribution is 0.0690. The molecule has 1 aromatic heterocycles. The van der Waals surface area contributed by atoms with Crippen LogP contribution < -0.4 is 0 Å². The van der Waals surface area contributed by atoms with Gasteiger partial charge in [-0.2, -0.15) is 0 Å². The molecule has 4 rings (SSSR count). The van der Waals surface area contributed by atoms with Crippen molar-refractivity contribution in [1.29, 1.82) is 0 Å². The number of aromatic carboxylic acids is 1. The summed E-state index contributed by atoms with van der Waals surface area (Å²) >= 11 is 0. The summed E-state index contributed by atoms with van der Waals surface area (Å²) in [5.74, 6) is 6.19. The van der Waals surface area contributed by atoms with E-state index in [1.807, 2.05) is 49.3 Å². The van der Waals surface area contributed by atoms with Gasteiger partial charge < -0.3 is 10.2 Å². The summed E-state index contributed by atoms with van der Waals surface area (Å²) in [6, 6.07) is 9.00. The second-order valence-corrected chi connectivity index (χ2v) is 12.6. The van der Waals surface area contributed by atoms with Crippen LogP contribution in [-0.2, 0) is 17.5 Å². The second-order valence-electron chi connectivity index (χ2n) is 10.4. The fraction of sp³-hybridized carbons (Fsp3) is 0.500. The maximum absolute atomic E-state index is 13.4. The third kappa shape index (κ3) is 5.66. The number of fused-ring (bicyclic) bond motifs is 1. The molecule has 0 amide bonds. The Bertz CT molecular complexity index is 1190. The zero-order valence-electron chi connectivity index (χ0n) is 20.7. The number of benzene rings is 1. The van der Waals surface area contributed by atoms with E-state index in [1.54, 1.807) is 6.07 Å². The van der Waals surface area contributed by atoms with Crippen molar-refractivity contribution in [2.24, 2.45) is 5.92 Å². The van der Waals surface area contributed by atoms with Crippen molar-refractivity contribution in [3.8, 4) is 23.1 Å². The Kier molecular flexibility index (Phi) is 7.75. The standard InChI is InChI=1S/C28H34N2O4S/c1-28(2,3)35(34)30-18-22-17-23(27(32)33)29-26(25(22)24(30)14-15-31)21-13-7-12-20(16-21)11-6-10-19-8-4-5-9-19/h7,12-13,16-17,19,24,31H,4-5,8-10,14-15,18H2,1-3H3,(H,32,33)/t24-,35?/m1/s1. The van der Waals surface area contributed by atoms with Gasteiger partial charge in [0.1, 0.15) is 16.7 Å². The Morgan fingerprint density at radius 2 is 1.97 bits per heavy atom. The number of aliphatic hydroxyl groups excluding tert-OH is 1. The van der Waals surface area contributed by atoms with Gasteiger partial charge in [-0.1, -0.05) is 36.8 Å². The molecule has 2 atom stereocenters. The van der Waals surface area contributed by atoms with Crippen molar-refractivity contribution in [2.45, 2.75) is 76.6 Å². The molecule has 1 aromatic carbocycles. The summed E-state index contributed by atoms with van der Waals surface area (Å²) < 4.78 is 14.7. The first-order valence-corrected chi connectivity index (χ1v) is 13.5. The van der Waals surface area contributed by atoms with Crippen LogP contribution in [0.3, 0.4) is 0 Å². The summed E-state index contributed by atoms with van der Waals surface area (Å²) in [6.07, 6.45) is 6.39. The van der Waals surface area contributed by atoms with Crippen LogP contribution in [0.4, 0.5) is 0 Å². The average Bonchev–Trinajstić information content (AvgIpc) is 3.46. The molecule has 0 spiro atoms. The van der Waals surface area contributed by atoms with E-state index in [2.05, 4.69) is 16.8 Å². The quantitative estimate of drug-likeness (QED) is 0.547. The SMILES string of the molecule is CC(C)(C)S(=O)N1Cc2cc(C(=O)O)nc(-c3cccc(C#CCC4CCCC4)c3)c2[C@H]1CCO. The summed E-state index contributed by atoms with van der Waals surface area (Å²) in [4.78, 5) is 16.4. The molecular formula is C28H34N2O4S. The number of nitrogens with zero attached hydrogens (tertiary/aromatic N) is 2. The molecule has 0 bridgehead atoms. The Hall–Kier alpha value is -2.53. The normalized spacial score (nSPS) is 19.3. The lowest BCUT2D eigenvalue weighted by Crippen LogP contribution is -2.36. The molecule has 1 unspecified atom stereocenters. The predicted molar refractivity (Wildman–Crippen MR) is 138 cm³/mol. The van der Waals surface area contributed by atoms with Gasteiger partial charge in [-0.15, -0.1) is 0 Å². The molecular weight excluding hydrogens is 460 g/mol. The van der Waals surface area contributed by atoms with Crippen molar-refractivity contribution < 1.29 is 19.2 Å². The van der Waals surface area contributed by atoms with Gasteiger partial charge in [0.15, 0.2) is 0 Å². The first kappa shape index (κ1) is 25.6. The highest BCUT2D eigenvalue weighted by Gasteiger charge is 2.40. The predicted octanol–water partition coefficient (Wildman–Crippen LogP) is 5.08. The van der Waals surface area contributed by atoms with Crippen LogP contribution in [0, 0.1) is 17.8 Å². The lowest BCUT2D eigenvalue weighted by Gasteiger charge is -2.30. The molecule has 35 heavy (non-hydrogen) atoms. The van der Waals surface area contributed by atoms with Gasteiger partial charge in [-0.25, -0.2) is 18.3 Å². The lowest BCUT2D eigenvalue weighted by atomic mass is 9.95. The van der Waals surface area contributed by atoms with Gasteiger partial charge in [0.2, 0.25) is 0 Å². The summed E-state index contributed by atoms with van der Waals surface area (Å²) in [5.41, 5.74) is 3.81. The highest BCUT2D eigenvalue weighted by atomic mass is 32.2. The Labute approximate surface area is 210 Å². The van der Waals surface area contributed by atoms with Gasteiger partial charge in [-0.05, 0) is 69.7 Å². The number of rotatable bonds is 6. The third-order valence-electron chi connectivity index (χ3n) is 6.74. The van der Waals surface area contributed by atoms with E-state index < -0.39 is 21.7 Å². The summed E-state index contributed by atoms with van der Waals surface area (Å²) in [5, 5.41) is 19.6. The minimum atomic E-state index is -1.34. The van der Waals surface area contributed by atoms with Crippen molar-refractivity contribution in [1.82, 2.24) is 9.29 Å². The molecule has 1 aliphatic heterocycles. The van der Waals surface area contributed by atoms with Crippen molar-refractivity contribution in [3.05, 3.63) is 52.7 Å². The van der Waals surface area contributed by atoms with E-state index in [0.29, 0.717) is 24.6 Å². The van der Waals surface area contributed by atoms with E-state index >= 15 is 0 Å². The van der Waals surface area contributed by atoms with Crippen LogP contribution in [0.1, 0.15) is 92.5 Å². The molecule has 7 heteroatoms. The number of carboxylic acids is 1. The van der Waals surface area contributed by atoms with E-state index in [4.69, 9.17) is 0 Å². The van der Waals surface area contributed by atoms with Gasteiger partial charge in [0.25, 0.3) is 0 Å². The molecule has 2 N–H and O–H groups in total. The number of aromatic nitrogens is 1. The minimum absolute atomic E-state index is 0.0392. The molecule has 2 heterocycles. The molecule has 0 radical (unpaired) electrons. The first-order chi connectivity index (χ1) is 16.7. The van der Waals surface area contributed by atoms with Crippen molar-refractivity contribution >= 4 is 17.0 Å². The van der Waals surface area contributed by atoms with Gasteiger partial charge in [0.05, 0.1) is 16.5 Å². The van der Waals surface area contributed by atoms with E-state index in [-0.39, 0.29) is 18.3 Å². The topological polar surface area (TPSA) is 90.7 Å². The molecule has 1 saturated carbocycles. The van der Waals surface area contributed by atoms with Crippen LogP contribution in [-0.4, -0.2) is 41.0 Å². The number of pyridine rings is 1. The van der Waals surface area contributed by atoms with Crippen LogP contribution in [0.25, 0.3) is 11.3 Å².